The highest BCUT2D eigenvalue weighted by Gasteiger charge is 2.29. The highest BCUT2D eigenvalue weighted by atomic mass is 16.5. The Hall–Kier alpha value is -2.45. The van der Waals surface area contributed by atoms with Crippen LogP contribution in [0.3, 0.4) is 0 Å². The smallest absolute Gasteiger partial charge is 0.261 e. The van der Waals surface area contributed by atoms with Crippen molar-refractivity contribution in [2.24, 2.45) is 10.7 Å². The fourth-order valence-corrected chi connectivity index (χ4v) is 2.90. The molecule has 1 aromatic rings. The summed E-state index contributed by atoms with van der Waals surface area (Å²) >= 11 is 0. The van der Waals surface area contributed by atoms with Crippen LogP contribution in [0.25, 0.3) is 5.57 Å². The molecule has 4 N–H and O–H groups in total. The first-order valence-electron chi connectivity index (χ1n) is 8.93. The van der Waals surface area contributed by atoms with Crippen molar-refractivity contribution < 1.29 is 9.53 Å². The quantitative estimate of drug-likeness (QED) is 0.632. The monoisotopic (exact) mass is 358 g/mol. The van der Waals surface area contributed by atoms with Gasteiger partial charge in [0.1, 0.15) is 11.4 Å². The molecule has 2 aliphatic rings. The maximum atomic E-state index is 11.8. The first kappa shape index (κ1) is 18.3. The van der Waals surface area contributed by atoms with Crippen molar-refractivity contribution in [3.63, 3.8) is 0 Å². The van der Waals surface area contributed by atoms with Gasteiger partial charge in [-0.05, 0) is 19.9 Å². The molecule has 0 atom stereocenters. The molecule has 0 aliphatic carbocycles. The van der Waals surface area contributed by atoms with Crippen LogP contribution in [0.5, 0.6) is 0 Å². The van der Waals surface area contributed by atoms with Crippen LogP contribution in [0.4, 0.5) is 11.5 Å². The van der Waals surface area contributed by atoms with E-state index in [9.17, 15) is 4.79 Å². The number of aliphatic imine (C=N–C) groups is 1. The van der Waals surface area contributed by atoms with Crippen LogP contribution >= 0.6 is 0 Å². The van der Waals surface area contributed by atoms with Gasteiger partial charge in [0.15, 0.2) is 0 Å². The van der Waals surface area contributed by atoms with Gasteiger partial charge in [-0.2, -0.15) is 0 Å². The van der Waals surface area contributed by atoms with Crippen molar-refractivity contribution in [2.45, 2.75) is 19.9 Å². The number of anilines is 2. The molecular formula is C18H26N6O2. The van der Waals surface area contributed by atoms with Gasteiger partial charge < -0.3 is 21.1 Å². The molecule has 8 nitrogen and oxygen atoms in total. The van der Waals surface area contributed by atoms with Gasteiger partial charge in [0, 0.05) is 43.7 Å². The van der Waals surface area contributed by atoms with E-state index in [1.54, 1.807) is 6.21 Å². The Balaban J connectivity index is 1.68. The van der Waals surface area contributed by atoms with Gasteiger partial charge >= 0.3 is 0 Å². The number of allylic oxidation sites excluding steroid dienone is 1. The van der Waals surface area contributed by atoms with E-state index in [0.717, 1.165) is 44.1 Å². The van der Waals surface area contributed by atoms with E-state index in [0.29, 0.717) is 23.6 Å². The molecule has 26 heavy (non-hydrogen) atoms. The van der Waals surface area contributed by atoms with Crippen molar-refractivity contribution in [1.29, 1.82) is 0 Å². The van der Waals surface area contributed by atoms with Crippen molar-refractivity contribution in [3.05, 3.63) is 23.5 Å². The molecule has 2 aliphatic heterocycles. The number of carbonyl (C=O) groups is 1. The van der Waals surface area contributed by atoms with Gasteiger partial charge in [0.2, 0.25) is 0 Å². The van der Waals surface area contributed by atoms with Crippen LogP contribution in [-0.4, -0.2) is 67.4 Å². The zero-order chi connectivity index (χ0) is 18.5. The Morgan fingerprint density at radius 1 is 1.50 bits per heavy atom. The SMILES string of the molecule is CC(C)Nc1nc(/C(C=NCCN2CCOCC2)=C/N)cc2c1C(=O)N2. The average Bonchev–Trinajstić information content (AvgIpc) is 2.60. The van der Waals surface area contributed by atoms with E-state index >= 15 is 0 Å². The third kappa shape index (κ3) is 4.20. The summed E-state index contributed by atoms with van der Waals surface area (Å²) in [7, 11) is 0. The normalized spacial score (nSPS) is 18.0. The van der Waals surface area contributed by atoms with Crippen LogP contribution < -0.4 is 16.4 Å². The van der Waals surface area contributed by atoms with Gasteiger partial charge in [-0.1, -0.05) is 0 Å². The summed E-state index contributed by atoms with van der Waals surface area (Å²) in [5.74, 6) is 0.469. The number of pyridine rings is 1. The Bertz CT molecular complexity index is 723. The van der Waals surface area contributed by atoms with Crippen molar-refractivity contribution in [1.82, 2.24) is 9.88 Å². The summed E-state index contributed by atoms with van der Waals surface area (Å²) in [5, 5.41) is 6.00. The maximum Gasteiger partial charge on any atom is 0.261 e. The lowest BCUT2D eigenvalue weighted by Gasteiger charge is -2.25. The molecule has 1 saturated heterocycles. The summed E-state index contributed by atoms with van der Waals surface area (Å²) in [6.45, 7) is 9.06. The van der Waals surface area contributed by atoms with E-state index in [2.05, 4.69) is 25.5 Å². The molecule has 0 saturated carbocycles. The number of hydrogen-bond acceptors (Lipinski definition) is 7. The number of aromatic nitrogens is 1. The summed E-state index contributed by atoms with van der Waals surface area (Å²) in [4.78, 5) is 23.2. The molecule has 3 heterocycles. The molecule has 0 unspecified atom stereocenters. The average molecular weight is 358 g/mol. The van der Waals surface area contributed by atoms with E-state index in [-0.39, 0.29) is 11.9 Å². The summed E-state index contributed by atoms with van der Waals surface area (Å²) in [5.41, 5.74) is 8.56. The van der Waals surface area contributed by atoms with Crippen LogP contribution in [0.1, 0.15) is 29.9 Å². The zero-order valence-corrected chi connectivity index (χ0v) is 15.3. The number of fused-ring (bicyclic) bond motifs is 1. The minimum Gasteiger partial charge on any atom is -0.404 e. The maximum absolute atomic E-state index is 11.8. The number of hydrogen-bond donors (Lipinski definition) is 3. The molecule has 1 fully saturated rings. The van der Waals surface area contributed by atoms with Crippen molar-refractivity contribution in [2.75, 3.05) is 50.0 Å². The minimum absolute atomic E-state index is 0.111. The second-order valence-corrected chi connectivity index (χ2v) is 6.64. The predicted molar refractivity (Wildman–Crippen MR) is 104 cm³/mol. The zero-order valence-electron chi connectivity index (χ0n) is 15.3. The lowest BCUT2D eigenvalue weighted by Crippen LogP contribution is -2.37. The first-order chi connectivity index (χ1) is 12.6. The van der Waals surface area contributed by atoms with Crippen LogP contribution in [0.15, 0.2) is 17.3 Å². The number of rotatable bonds is 7. The van der Waals surface area contributed by atoms with Crippen LogP contribution in [0, 0.1) is 0 Å². The van der Waals surface area contributed by atoms with E-state index in [1.807, 2.05) is 19.9 Å². The van der Waals surface area contributed by atoms with E-state index in [1.165, 1.54) is 6.20 Å². The van der Waals surface area contributed by atoms with Gasteiger partial charge in [-0.25, -0.2) is 4.98 Å². The van der Waals surface area contributed by atoms with Crippen molar-refractivity contribution >= 4 is 29.2 Å². The Labute approximate surface area is 153 Å². The highest BCUT2D eigenvalue weighted by Crippen LogP contribution is 2.33. The lowest BCUT2D eigenvalue weighted by molar-refractivity contribution is 0.0395. The highest BCUT2D eigenvalue weighted by molar-refractivity contribution is 6.22. The fraction of sp³-hybridized carbons (Fsp3) is 0.500. The molecular weight excluding hydrogens is 332 g/mol. The number of amides is 1. The van der Waals surface area contributed by atoms with E-state index < -0.39 is 0 Å². The molecule has 140 valence electrons. The largest absolute Gasteiger partial charge is 0.404 e. The molecule has 0 radical (unpaired) electrons. The lowest BCUT2D eigenvalue weighted by atomic mass is 10.0. The Kier molecular flexibility index (Phi) is 5.85. The molecule has 1 amide bonds. The Morgan fingerprint density at radius 2 is 2.27 bits per heavy atom. The van der Waals surface area contributed by atoms with Crippen molar-refractivity contribution in [3.8, 4) is 0 Å². The molecule has 8 heteroatoms. The number of carbonyl (C=O) groups excluding carboxylic acids is 1. The summed E-state index contributed by atoms with van der Waals surface area (Å²) in [6.07, 6.45) is 3.24. The van der Waals surface area contributed by atoms with Crippen LogP contribution in [-0.2, 0) is 4.74 Å². The van der Waals surface area contributed by atoms with Gasteiger partial charge in [-0.3, -0.25) is 14.7 Å². The summed E-state index contributed by atoms with van der Waals surface area (Å²) < 4.78 is 5.34. The standard InChI is InChI=1S/C18H26N6O2/c1-12(2)21-17-16-15(23-18(16)25)9-14(22-17)13(10-19)11-20-3-4-24-5-7-26-8-6-24/h9-12H,3-8,19H2,1-2H3,(H,21,22)(H,23,25)/b13-10+,20-11?. The third-order valence-corrected chi connectivity index (χ3v) is 4.27. The molecule has 0 bridgehead atoms. The van der Waals surface area contributed by atoms with Gasteiger partial charge in [0.25, 0.3) is 5.91 Å². The number of nitrogens with two attached hydrogens (primary N) is 1. The Morgan fingerprint density at radius 3 is 2.92 bits per heavy atom. The van der Waals surface area contributed by atoms with Crippen LogP contribution in [0.2, 0.25) is 0 Å². The number of nitrogens with one attached hydrogen (secondary N) is 2. The molecule has 3 rings (SSSR count). The third-order valence-electron chi connectivity index (χ3n) is 4.27. The molecule has 0 aromatic carbocycles. The van der Waals surface area contributed by atoms with Gasteiger partial charge in [-0.15, -0.1) is 0 Å². The van der Waals surface area contributed by atoms with Gasteiger partial charge in [0.05, 0.1) is 31.1 Å². The predicted octanol–water partition coefficient (Wildman–Crippen LogP) is 1.17. The topological polar surface area (TPSA) is 105 Å². The van der Waals surface area contributed by atoms with E-state index in [4.69, 9.17) is 10.5 Å². The first-order valence-corrected chi connectivity index (χ1v) is 8.93. The molecule has 0 spiro atoms. The summed E-state index contributed by atoms with van der Waals surface area (Å²) in [6, 6.07) is 2.00. The molecule has 1 aromatic heterocycles. The minimum atomic E-state index is -0.111. The second kappa shape index (κ2) is 8.29. The second-order valence-electron chi connectivity index (χ2n) is 6.64. The fourth-order valence-electron chi connectivity index (χ4n) is 2.90. The number of nitrogens with zero attached hydrogens (tertiary/aromatic N) is 3. The number of ether oxygens (including phenoxy) is 1. The number of morpholine rings is 1.